The van der Waals surface area contributed by atoms with Crippen molar-refractivity contribution in [2.75, 3.05) is 0 Å². The minimum Gasteiger partial charge on any atom is -0.346 e. The van der Waals surface area contributed by atoms with Gasteiger partial charge in [0.1, 0.15) is 6.10 Å². The lowest BCUT2D eigenvalue weighted by molar-refractivity contribution is -0.214. The summed E-state index contributed by atoms with van der Waals surface area (Å²) in [7, 11) is 0. The number of hydrogen-bond acceptors (Lipinski definition) is 3. The van der Waals surface area contributed by atoms with Gasteiger partial charge in [0.15, 0.2) is 12.1 Å². The van der Waals surface area contributed by atoms with Crippen LogP contribution in [0.1, 0.15) is 34.1 Å². The van der Waals surface area contributed by atoms with Crippen LogP contribution < -0.4 is 0 Å². The van der Waals surface area contributed by atoms with Gasteiger partial charge < -0.3 is 14.2 Å². The molecule has 2 rings (SSSR count). The Morgan fingerprint density at radius 1 is 1.38 bits per heavy atom. The summed E-state index contributed by atoms with van der Waals surface area (Å²) in [5, 5.41) is 0. The zero-order valence-electron chi connectivity index (χ0n) is 10.6. The number of ether oxygens (including phenoxy) is 3. The van der Waals surface area contributed by atoms with E-state index in [1.54, 1.807) is 0 Å². The minimum atomic E-state index is -0.504. The van der Waals surface area contributed by atoms with Crippen LogP contribution in [0.25, 0.3) is 0 Å². The molecule has 2 aliphatic rings. The third kappa shape index (κ3) is 2.04. The quantitative estimate of drug-likeness (QED) is 0.692. The van der Waals surface area contributed by atoms with Crippen molar-refractivity contribution in [2.24, 2.45) is 11.8 Å². The molecule has 0 bridgehead atoms. The zero-order valence-corrected chi connectivity index (χ0v) is 10.6. The van der Waals surface area contributed by atoms with Crippen molar-refractivity contribution in [1.29, 1.82) is 0 Å². The topological polar surface area (TPSA) is 27.7 Å². The second-order valence-corrected chi connectivity index (χ2v) is 5.43. The molecule has 2 fully saturated rings. The van der Waals surface area contributed by atoms with E-state index in [-0.39, 0.29) is 18.5 Å². The average Bonchev–Trinajstić information content (AvgIpc) is 2.62. The summed E-state index contributed by atoms with van der Waals surface area (Å²) >= 11 is 0. The fourth-order valence-electron chi connectivity index (χ4n) is 2.73. The lowest BCUT2D eigenvalue weighted by Crippen LogP contribution is -2.31. The lowest BCUT2D eigenvalue weighted by Gasteiger charge is -2.26. The predicted octanol–water partition coefficient (Wildman–Crippen LogP) is 2.71. The Morgan fingerprint density at radius 2 is 2.06 bits per heavy atom. The normalized spacial score (nSPS) is 43.0. The first-order valence-corrected chi connectivity index (χ1v) is 6.06. The fourth-order valence-corrected chi connectivity index (χ4v) is 2.73. The molecule has 3 nitrogen and oxygen atoms in total. The third-order valence-corrected chi connectivity index (χ3v) is 3.52. The fraction of sp³-hybridized carbons (Fsp3) is 0.846. The van der Waals surface area contributed by atoms with Crippen molar-refractivity contribution in [3.8, 4) is 0 Å². The van der Waals surface area contributed by atoms with Crippen LogP contribution in [0.2, 0.25) is 0 Å². The maximum absolute atomic E-state index is 5.95. The van der Waals surface area contributed by atoms with Crippen LogP contribution in [-0.4, -0.2) is 24.3 Å². The second-order valence-electron chi connectivity index (χ2n) is 5.43. The van der Waals surface area contributed by atoms with Gasteiger partial charge in [0, 0.05) is 5.92 Å². The molecule has 0 aromatic rings. The highest BCUT2D eigenvalue weighted by atomic mass is 16.8. The largest absolute Gasteiger partial charge is 0.346 e. The summed E-state index contributed by atoms with van der Waals surface area (Å²) in [6.45, 7) is 12.0. The zero-order chi connectivity index (χ0) is 11.9. The van der Waals surface area contributed by atoms with Crippen molar-refractivity contribution in [1.82, 2.24) is 0 Å². The molecule has 2 saturated heterocycles. The molecule has 2 aliphatic heterocycles. The van der Waals surface area contributed by atoms with Crippen molar-refractivity contribution >= 4 is 0 Å². The van der Waals surface area contributed by atoms with Crippen molar-refractivity contribution in [3.05, 3.63) is 12.7 Å². The first kappa shape index (κ1) is 12.1. The summed E-state index contributed by atoms with van der Waals surface area (Å²) in [5.41, 5.74) is 0. The molecular weight excluding hydrogens is 204 g/mol. The van der Waals surface area contributed by atoms with E-state index >= 15 is 0 Å². The Kier molecular flexibility index (Phi) is 3.12. The van der Waals surface area contributed by atoms with E-state index < -0.39 is 5.79 Å². The first-order valence-electron chi connectivity index (χ1n) is 6.06. The summed E-state index contributed by atoms with van der Waals surface area (Å²) in [5.74, 6) is 0.339. The standard InChI is InChI=1S/C13H22O3/c1-6-7-8(2)10-9(3)11-12(14-10)16-13(4,5)15-11/h6,8-12H,1,7H2,2-5H3/t8-,9-,10-,11+,12+/m0/s1. The van der Waals surface area contributed by atoms with E-state index in [0.29, 0.717) is 11.8 Å². The van der Waals surface area contributed by atoms with E-state index in [4.69, 9.17) is 14.2 Å². The van der Waals surface area contributed by atoms with Crippen molar-refractivity contribution in [3.63, 3.8) is 0 Å². The van der Waals surface area contributed by atoms with Gasteiger partial charge >= 0.3 is 0 Å². The van der Waals surface area contributed by atoms with Gasteiger partial charge in [0.25, 0.3) is 0 Å². The second kappa shape index (κ2) is 4.13. The molecule has 0 aliphatic carbocycles. The summed E-state index contributed by atoms with van der Waals surface area (Å²) in [6.07, 6.45) is 3.01. The molecule has 0 radical (unpaired) electrons. The molecule has 2 heterocycles. The van der Waals surface area contributed by atoms with E-state index in [0.717, 1.165) is 6.42 Å². The summed E-state index contributed by atoms with van der Waals surface area (Å²) < 4.78 is 17.6. The molecule has 3 heteroatoms. The minimum absolute atomic E-state index is 0.0762. The smallest absolute Gasteiger partial charge is 0.187 e. The van der Waals surface area contributed by atoms with Crippen LogP contribution in [0.5, 0.6) is 0 Å². The van der Waals surface area contributed by atoms with Crippen LogP contribution in [0, 0.1) is 11.8 Å². The number of fused-ring (bicyclic) bond motifs is 1. The molecule has 0 spiro atoms. The van der Waals surface area contributed by atoms with Gasteiger partial charge in [0.05, 0.1) is 6.10 Å². The summed E-state index contributed by atoms with van der Waals surface area (Å²) in [4.78, 5) is 0. The molecule has 0 aromatic carbocycles. The average molecular weight is 226 g/mol. The van der Waals surface area contributed by atoms with E-state index in [1.807, 2.05) is 19.9 Å². The van der Waals surface area contributed by atoms with Crippen LogP contribution in [0.15, 0.2) is 12.7 Å². The Morgan fingerprint density at radius 3 is 2.62 bits per heavy atom. The molecule has 0 aromatic heterocycles. The molecule has 16 heavy (non-hydrogen) atoms. The van der Waals surface area contributed by atoms with Crippen LogP contribution in [0.4, 0.5) is 0 Å². The van der Waals surface area contributed by atoms with Gasteiger partial charge in [-0.05, 0) is 26.2 Å². The predicted molar refractivity (Wildman–Crippen MR) is 61.8 cm³/mol. The molecule has 0 N–H and O–H groups in total. The molecule has 0 amide bonds. The third-order valence-electron chi connectivity index (χ3n) is 3.52. The van der Waals surface area contributed by atoms with Gasteiger partial charge in [-0.3, -0.25) is 0 Å². The van der Waals surface area contributed by atoms with Crippen LogP contribution in [-0.2, 0) is 14.2 Å². The van der Waals surface area contributed by atoms with E-state index in [9.17, 15) is 0 Å². The Hall–Kier alpha value is -0.380. The van der Waals surface area contributed by atoms with Gasteiger partial charge in [-0.2, -0.15) is 0 Å². The van der Waals surface area contributed by atoms with Gasteiger partial charge in [-0.1, -0.05) is 19.9 Å². The summed E-state index contributed by atoms with van der Waals surface area (Å²) in [6, 6.07) is 0. The number of allylic oxidation sites excluding steroid dienone is 1. The van der Waals surface area contributed by atoms with Crippen molar-refractivity contribution < 1.29 is 14.2 Å². The lowest BCUT2D eigenvalue weighted by atomic mass is 9.90. The number of rotatable bonds is 3. The molecule has 5 atom stereocenters. The maximum atomic E-state index is 5.95. The van der Waals surface area contributed by atoms with Gasteiger partial charge in [-0.15, -0.1) is 6.58 Å². The molecular formula is C13H22O3. The Labute approximate surface area is 97.8 Å². The van der Waals surface area contributed by atoms with Gasteiger partial charge in [-0.25, -0.2) is 0 Å². The highest BCUT2D eigenvalue weighted by Crippen LogP contribution is 2.42. The van der Waals surface area contributed by atoms with E-state index in [2.05, 4.69) is 20.4 Å². The molecule has 92 valence electrons. The highest BCUT2D eigenvalue weighted by molar-refractivity contribution is 4.93. The Balaban J connectivity index is 2.02. The monoisotopic (exact) mass is 226 g/mol. The van der Waals surface area contributed by atoms with Crippen molar-refractivity contribution in [2.45, 2.75) is 58.4 Å². The maximum Gasteiger partial charge on any atom is 0.187 e. The SMILES string of the molecule is C=CC[C@H](C)[C@@H]1O[C@@H]2OC(C)(C)O[C@@H]2[C@H]1C. The number of hydrogen-bond donors (Lipinski definition) is 0. The molecule has 0 unspecified atom stereocenters. The van der Waals surface area contributed by atoms with Gasteiger partial charge in [0.2, 0.25) is 0 Å². The highest BCUT2D eigenvalue weighted by Gasteiger charge is 2.53. The molecule has 0 saturated carbocycles. The van der Waals surface area contributed by atoms with E-state index in [1.165, 1.54) is 0 Å². The first-order chi connectivity index (χ1) is 7.44. The Bertz CT molecular complexity index is 274. The van der Waals surface area contributed by atoms with Crippen LogP contribution >= 0.6 is 0 Å². The van der Waals surface area contributed by atoms with Crippen LogP contribution in [0.3, 0.4) is 0 Å².